The number of nitriles is 1. The van der Waals surface area contributed by atoms with Crippen LogP contribution in [-0.4, -0.2) is 36.0 Å². The van der Waals surface area contributed by atoms with Crippen LogP contribution in [0, 0.1) is 11.3 Å². The summed E-state index contributed by atoms with van der Waals surface area (Å²) in [5, 5.41) is 11.9. The summed E-state index contributed by atoms with van der Waals surface area (Å²) in [7, 11) is 0. The van der Waals surface area contributed by atoms with Gasteiger partial charge in [-0.3, -0.25) is 4.79 Å². The van der Waals surface area contributed by atoms with Gasteiger partial charge in [0.25, 0.3) is 0 Å². The van der Waals surface area contributed by atoms with Crippen LogP contribution in [-0.2, 0) is 4.79 Å². The fraction of sp³-hybridized carbons (Fsp3) is 0.846. The van der Waals surface area contributed by atoms with E-state index in [9.17, 15) is 4.79 Å². The lowest BCUT2D eigenvalue weighted by molar-refractivity contribution is -0.130. The van der Waals surface area contributed by atoms with E-state index in [1.165, 1.54) is 25.7 Å². The zero-order chi connectivity index (χ0) is 12.1. The Labute approximate surface area is 103 Å². The average molecular weight is 235 g/mol. The van der Waals surface area contributed by atoms with E-state index in [1.54, 1.807) is 0 Å². The quantitative estimate of drug-likeness (QED) is 0.757. The zero-order valence-electron chi connectivity index (χ0n) is 10.3. The maximum absolute atomic E-state index is 12.0. The van der Waals surface area contributed by atoms with Gasteiger partial charge in [-0.1, -0.05) is 12.8 Å². The Morgan fingerprint density at radius 3 is 2.59 bits per heavy atom. The predicted molar refractivity (Wildman–Crippen MR) is 65.2 cm³/mol. The summed E-state index contributed by atoms with van der Waals surface area (Å²) in [4.78, 5) is 13.9. The summed E-state index contributed by atoms with van der Waals surface area (Å²) >= 11 is 0. The molecule has 1 amide bonds. The topological polar surface area (TPSA) is 56.1 Å². The molecule has 4 heteroatoms. The minimum atomic E-state index is 0.176. The Balaban J connectivity index is 1.73. The van der Waals surface area contributed by atoms with Crippen LogP contribution in [0.2, 0.25) is 0 Å². The fourth-order valence-electron chi connectivity index (χ4n) is 2.53. The highest BCUT2D eigenvalue weighted by Gasteiger charge is 2.32. The molecule has 17 heavy (non-hydrogen) atoms. The molecule has 2 aliphatic rings. The third kappa shape index (κ3) is 3.71. The van der Waals surface area contributed by atoms with Crippen LogP contribution in [0.15, 0.2) is 0 Å². The lowest BCUT2D eigenvalue weighted by Crippen LogP contribution is -2.42. The number of rotatable bonds is 6. The van der Waals surface area contributed by atoms with Gasteiger partial charge in [-0.05, 0) is 25.7 Å². The van der Waals surface area contributed by atoms with Crippen molar-refractivity contribution in [3.63, 3.8) is 0 Å². The molecule has 0 radical (unpaired) electrons. The van der Waals surface area contributed by atoms with Crippen molar-refractivity contribution in [1.82, 2.24) is 10.2 Å². The van der Waals surface area contributed by atoms with E-state index >= 15 is 0 Å². The van der Waals surface area contributed by atoms with Crippen molar-refractivity contribution in [2.24, 2.45) is 0 Å². The maximum Gasteiger partial charge on any atom is 0.236 e. The second kappa shape index (κ2) is 6.02. The SMILES string of the molecule is N#CCCN(C(=O)CNC1CCCC1)C1CC1. The van der Waals surface area contributed by atoms with Crippen molar-refractivity contribution in [3.05, 3.63) is 0 Å². The summed E-state index contributed by atoms with van der Waals surface area (Å²) < 4.78 is 0. The first-order chi connectivity index (χ1) is 8.31. The molecule has 2 rings (SSSR count). The molecule has 2 aliphatic carbocycles. The molecule has 0 unspecified atom stereocenters. The van der Waals surface area contributed by atoms with E-state index in [-0.39, 0.29) is 5.91 Å². The van der Waals surface area contributed by atoms with Crippen LogP contribution in [0.1, 0.15) is 44.9 Å². The van der Waals surface area contributed by atoms with Gasteiger partial charge in [-0.2, -0.15) is 5.26 Å². The number of carbonyl (C=O) groups is 1. The van der Waals surface area contributed by atoms with Crippen molar-refractivity contribution >= 4 is 5.91 Å². The van der Waals surface area contributed by atoms with Gasteiger partial charge >= 0.3 is 0 Å². The molecule has 2 fully saturated rings. The molecule has 0 spiro atoms. The van der Waals surface area contributed by atoms with Crippen molar-refractivity contribution in [2.75, 3.05) is 13.1 Å². The highest BCUT2D eigenvalue weighted by Crippen LogP contribution is 2.27. The van der Waals surface area contributed by atoms with Gasteiger partial charge in [0.15, 0.2) is 0 Å². The van der Waals surface area contributed by atoms with Gasteiger partial charge in [0, 0.05) is 18.6 Å². The molecular formula is C13H21N3O. The normalized spacial score (nSPS) is 20.2. The molecule has 0 saturated heterocycles. The van der Waals surface area contributed by atoms with Crippen molar-refractivity contribution in [1.29, 1.82) is 5.26 Å². The predicted octanol–water partition coefficient (Wildman–Crippen LogP) is 1.42. The van der Waals surface area contributed by atoms with Crippen LogP contribution in [0.5, 0.6) is 0 Å². The summed E-state index contributed by atoms with van der Waals surface area (Å²) in [6.45, 7) is 1.05. The molecule has 0 heterocycles. The van der Waals surface area contributed by atoms with Crippen LogP contribution in [0.25, 0.3) is 0 Å². The van der Waals surface area contributed by atoms with Crippen molar-refractivity contribution in [3.8, 4) is 6.07 Å². The van der Waals surface area contributed by atoms with E-state index in [4.69, 9.17) is 5.26 Å². The standard InChI is InChI=1S/C13H21N3O/c14-8-3-9-16(12-6-7-12)13(17)10-15-11-4-1-2-5-11/h11-12,15H,1-7,9-10H2. The van der Waals surface area contributed by atoms with E-state index in [1.807, 2.05) is 4.90 Å². The monoisotopic (exact) mass is 235 g/mol. The number of carbonyl (C=O) groups excluding carboxylic acids is 1. The summed E-state index contributed by atoms with van der Waals surface area (Å²) in [6, 6.07) is 3.07. The fourth-order valence-corrected chi connectivity index (χ4v) is 2.53. The van der Waals surface area contributed by atoms with Gasteiger partial charge in [0.1, 0.15) is 0 Å². The van der Waals surface area contributed by atoms with Gasteiger partial charge in [0.05, 0.1) is 19.0 Å². The smallest absolute Gasteiger partial charge is 0.236 e. The summed E-state index contributed by atoms with van der Waals surface area (Å²) in [5.41, 5.74) is 0. The van der Waals surface area contributed by atoms with Crippen LogP contribution in [0.4, 0.5) is 0 Å². The van der Waals surface area contributed by atoms with E-state index in [0.717, 1.165) is 12.8 Å². The first-order valence-corrected chi connectivity index (χ1v) is 6.71. The average Bonchev–Trinajstić information content (AvgIpc) is 3.03. The Morgan fingerprint density at radius 1 is 1.29 bits per heavy atom. The van der Waals surface area contributed by atoms with Gasteiger partial charge < -0.3 is 10.2 Å². The first kappa shape index (κ1) is 12.4. The summed E-state index contributed by atoms with van der Waals surface area (Å²) in [5.74, 6) is 0.176. The second-order valence-corrected chi connectivity index (χ2v) is 5.09. The van der Waals surface area contributed by atoms with Crippen molar-refractivity contribution in [2.45, 2.75) is 57.0 Å². The first-order valence-electron chi connectivity index (χ1n) is 6.71. The number of hydrogen-bond acceptors (Lipinski definition) is 3. The molecule has 0 aromatic rings. The molecule has 1 N–H and O–H groups in total. The molecule has 0 aliphatic heterocycles. The van der Waals surface area contributed by atoms with Gasteiger partial charge in [-0.15, -0.1) is 0 Å². The molecule has 94 valence electrons. The van der Waals surface area contributed by atoms with E-state index in [2.05, 4.69) is 11.4 Å². The largest absolute Gasteiger partial charge is 0.338 e. The maximum atomic E-state index is 12.0. The highest BCUT2D eigenvalue weighted by atomic mass is 16.2. The lowest BCUT2D eigenvalue weighted by Gasteiger charge is -2.22. The zero-order valence-corrected chi connectivity index (χ0v) is 10.3. The Hall–Kier alpha value is -1.08. The molecule has 0 bridgehead atoms. The lowest BCUT2D eigenvalue weighted by atomic mass is 10.2. The van der Waals surface area contributed by atoms with Gasteiger partial charge in [-0.25, -0.2) is 0 Å². The van der Waals surface area contributed by atoms with E-state index < -0.39 is 0 Å². The Morgan fingerprint density at radius 2 is 2.00 bits per heavy atom. The number of amides is 1. The van der Waals surface area contributed by atoms with Crippen LogP contribution in [0.3, 0.4) is 0 Å². The third-order valence-electron chi connectivity index (χ3n) is 3.67. The van der Waals surface area contributed by atoms with Crippen LogP contribution >= 0.6 is 0 Å². The molecule has 0 aromatic carbocycles. The third-order valence-corrected chi connectivity index (χ3v) is 3.67. The molecule has 0 atom stereocenters. The summed E-state index contributed by atoms with van der Waals surface area (Å²) in [6.07, 6.45) is 7.65. The molecular weight excluding hydrogens is 214 g/mol. The minimum Gasteiger partial charge on any atom is -0.338 e. The minimum absolute atomic E-state index is 0.176. The number of nitrogens with one attached hydrogen (secondary N) is 1. The van der Waals surface area contributed by atoms with Crippen molar-refractivity contribution < 1.29 is 4.79 Å². The number of hydrogen-bond donors (Lipinski definition) is 1. The Kier molecular flexibility index (Phi) is 4.38. The highest BCUT2D eigenvalue weighted by molar-refractivity contribution is 5.79. The Bertz CT molecular complexity index is 300. The molecule has 2 saturated carbocycles. The molecule has 4 nitrogen and oxygen atoms in total. The molecule has 0 aromatic heterocycles. The van der Waals surface area contributed by atoms with Gasteiger partial charge in [0.2, 0.25) is 5.91 Å². The number of nitrogens with zero attached hydrogens (tertiary/aromatic N) is 2. The van der Waals surface area contributed by atoms with Crippen LogP contribution < -0.4 is 5.32 Å². The van der Waals surface area contributed by atoms with E-state index in [0.29, 0.717) is 31.6 Å². The second-order valence-electron chi connectivity index (χ2n) is 5.09.